The summed E-state index contributed by atoms with van der Waals surface area (Å²) in [5, 5.41) is 0. The van der Waals surface area contributed by atoms with Crippen molar-refractivity contribution >= 4 is 27.0 Å². The van der Waals surface area contributed by atoms with E-state index in [0.29, 0.717) is 0 Å². The predicted octanol–water partition coefficient (Wildman–Crippen LogP) is 7.39. The average molecular weight is 437 g/mol. The van der Waals surface area contributed by atoms with E-state index in [1.54, 1.807) is 0 Å². The lowest BCUT2D eigenvalue weighted by Crippen LogP contribution is -1.97. The van der Waals surface area contributed by atoms with Gasteiger partial charge in [0.25, 0.3) is 0 Å². The molecule has 0 saturated heterocycles. The molecule has 0 aliphatic carbocycles. The zero-order valence-corrected chi connectivity index (χ0v) is 17.2. The van der Waals surface area contributed by atoms with E-state index in [4.69, 9.17) is 9.97 Å². The van der Waals surface area contributed by atoms with Crippen molar-refractivity contribution in [1.29, 1.82) is 0 Å². The van der Waals surface area contributed by atoms with E-state index in [0.717, 1.165) is 43.6 Å². The van der Waals surface area contributed by atoms with Crippen LogP contribution in [0.3, 0.4) is 0 Å². The Labute approximate surface area is 178 Å². The molecule has 1 heterocycles. The molecular weight excluding hydrogens is 420 g/mol. The van der Waals surface area contributed by atoms with E-state index >= 15 is 0 Å². The van der Waals surface area contributed by atoms with Crippen LogP contribution in [-0.4, -0.2) is 9.97 Å². The molecule has 2 nitrogen and oxygen atoms in total. The number of halogens is 1. The monoisotopic (exact) mass is 436 g/mol. The standard InChI is InChI=1S/C26H17BrN2/c27-20-16-14-19(15-17-20)25-26(29-24-13-7-6-12-23(24)28-25)22-11-5-4-10-21(22)18-8-2-1-3-9-18/h1-17H. The van der Waals surface area contributed by atoms with E-state index < -0.39 is 0 Å². The molecule has 29 heavy (non-hydrogen) atoms. The van der Waals surface area contributed by atoms with Gasteiger partial charge in [-0.05, 0) is 35.4 Å². The van der Waals surface area contributed by atoms with Gasteiger partial charge in [0.05, 0.1) is 22.4 Å². The maximum Gasteiger partial charge on any atom is 0.0979 e. The number of hydrogen-bond acceptors (Lipinski definition) is 2. The summed E-state index contributed by atoms with van der Waals surface area (Å²) in [4.78, 5) is 10.1. The van der Waals surface area contributed by atoms with E-state index in [1.807, 2.05) is 42.5 Å². The molecule has 5 rings (SSSR count). The largest absolute Gasteiger partial charge is 0.244 e. The Morgan fingerprint density at radius 3 is 1.69 bits per heavy atom. The minimum Gasteiger partial charge on any atom is -0.244 e. The van der Waals surface area contributed by atoms with Gasteiger partial charge in [0.2, 0.25) is 0 Å². The maximum atomic E-state index is 5.06. The third kappa shape index (κ3) is 3.45. The highest BCUT2D eigenvalue weighted by atomic mass is 79.9. The Morgan fingerprint density at radius 2 is 1.00 bits per heavy atom. The summed E-state index contributed by atoms with van der Waals surface area (Å²) in [7, 11) is 0. The Bertz CT molecular complexity index is 1300. The van der Waals surface area contributed by atoms with E-state index in [1.165, 1.54) is 5.56 Å². The van der Waals surface area contributed by atoms with Crippen molar-refractivity contribution in [3.05, 3.63) is 108 Å². The highest BCUT2D eigenvalue weighted by molar-refractivity contribution is 9.10. The van der Waals surface area contributed by atoms with Crippen molar-refractivity contribution in [2.75, 3.05) is 0 Å². The van der Waals surface area contributed by atoms with E-state index in [9.17, 15) is 0 Å². The molecule has 1 aromatic heterocycles. The van der Waals surface area contributed by atoms with Gasteiger partial charge in [0.1, 0.15) is 0 Å². The van der Waals surface area contributed by atoms with Crippen LogP contribution in [0.4, 0.5) is 0 Å². The fourth-order valence-corrected chi connectivity index (χ4v) is 3.82. The summed E-state index contributed by atoms with van der Waals surface area (Å²) in [6.45, 7) is 0. The van der Waals surface area contributed by atoms with Crippen LogP contribution >= 0.6 is 15.9 Å². The number of nitrogens with zero attached hydrogens (tertiary/aromatic N) is 2. The van der Waals surface area contributed by atoms with Gasteiger partial charge < -0.3 is 0 Å². The van der Waals surface area contributed by atoms with Crippen molar-refractivity contribution in [2.45, 2.75) is 0 Å². The topological polar surface area (TPSA) is 25.8 Å². The van der Waals surface area contributed by atoms with Gasteiger partial charge in [-0.15, -0.1) is 0 Å². The van der Waals surface area contributed by atoms with Crippen LogP contribution in [-0.2, 0) is 0 Å². The minimum absolute atomic E-state index is 0.889. The summed E-state index contributed by atoms with van der Waals surface area (Å²) < 4.78 is 1.04. The van der Waals surface area contributed by atoms with Gasteiger partial charge in [0, 0.05) is 15.6 Å². The molecule has 0 atom stereocenters. The number of fused-ring (bicyclic) bond motifs is 1. The first-order chi connectivity index (χ1) is 14.3. The second-order valence-electron chi connectivity index (χ2n) is 6.83. The van der Waals surface area contributed by atoms with Gasteiger partial charge in [-0.25, -0.2) is 9.97 Å². The fraction of sp³-hybridized carbons (Fsp3) is 0. The van der Waals surface area contributed by atoms with Crippen LogP contribution in [0.1, 0.15) is 0 Å². The predicted molar refractivity (Wildman–Crippen MR) is 124 cm³/mol. The SMILES string of the molecule is Brc1ccc(-c2nc3ccccc3nc2-c2ccccc2-c2ccccc2)cc1. The summed E-state index contributed by atoms with van der Waals surface area (Å²) in [5.41, 5.74) is 8.01. The molecule has 0 unspecified atom stereocenters. The Hall–Kier alpha value is -3.30. The maximum absolute atomic E-state index is 5.06. The van der Waals surface area contributed by atoms with Gasteiger partial charge in [-0.1, -0.05) is 94.8 Å². The lowest BCUT2D eigenvalue weighted by Gasteiger charge is -2.14. The molecule has 3 heteroatoms. The molecule has 0 aliphatic heterocycles. The Balaban J connectivity index is 1.81. The Kier molecular flexibility index (Phi) is 4.66. The molecule has 5 aromatic rings. The first kappa shape index (κ1) is 17.8. The second-order valence-corrected chi connectivity index (χ2v) is 7.74. The molecule has 4 aromatic carbocycles. The summed E-state index contributed by atoms with van der Waals surface area (Å²) in [5.74, 6) is 0. The molecule has 0 aliphatic rings. The molecule has 138 valence electrons. The third-order valence-corrected chi connectivity index (χ3v) is 5.48. The van der Waals surface area contributed by atoms with Crippen molar-refractivity contribution in [3.63, 3.8) is 0 Å². The van der Waals surface area contributed by atoms with E-state index in [-0.39, 0.29) is 0 Å². The first-order valence-electron chi connectivity index (χ1n) is 9.47. The van der Waals surface area contributed by atoms with Crippen LogP contribution in [0, 0.1) is 0 Å². The van der Waals surface area contributed by atoms with Gasteiger partial charge in [0.15, 0.2) is 0 Å². The van der Waals surface area contributed by atoms with Gasteiger partial charge in [-0.3, -0.25) is 0 Å². The fourth-order valence-electron chi connectivity index (χ4n) is 3.56. The zero-order valence-electron chi connectivity index (χ0n) is 15.6. The third-order valence-electron chi connectivity index (χ3n) is 4.96. The number of rotatable bonds is 3. The molecule has 0 saturated carbocycles. The smallest absolute Gasteiger partial charge is 0.0979 e. The molecule has 0 amide bonds. The number of hydrogen-bond donors (Lipinski definition) is 0. The molecule has 0 N–H and O–H groups in total. The normalized spacial score (nSPS) is 10.9. The zero-order chi connectivity index (χ0) is 19.6. The molecule has 0 radical (unpaired) electrons. The van der Waals surface area contributed by atoms with E-state index in [2.05, 4.69) is 76.6 Å². The summed E-state index contributed by atoms with van der Waals surface area (Å²) >= 11 is 3.53. The number of para-hydroxylation sites is 2. The lowest BCUT2D eigenvalue weighted by molar-refractivity contribution is 1.29. The first-order valence-corrected chi connectivity index (χ1v) is 10.3. The lowest BCUT2D eigenvalue weighted by atomic mass is 9.95. The molecule has 0 spiro atoms. The highest BCUT2D eigenvalue weighted by Crippen LogP contribution is 2.37. The van der Waals surface area contributed by atoms with Crippen LogP contribution in [0.5, 0.6) is 0 Å². The van der Waals surface area contributed by atoms with Gasteiger partial charge in [-0.2, -0.15) is 0 Å². The Morgan fingerprint density at radius 1 is 0.448 bits per heavy atom. The minimum atomic E-state index is 0.889. The summed E-state index contributed by atoms with van der Waals surface area (Å²) in [6, 6.07) is 35.1. The molecule has 0 bridgehead atoms. The summed E-state index contributed by atoms with van der Waals surface area (Å²) in [6.07, 6.45) is 0. The second kappa shape index (κ2) is 7.61. The van der Waals surface area contributed by atoms with Crippen LogP contribution in [0.25, 0.3) is 44.7 Å². The van der Waals surface area contributed by atoms with Crippen LogP contribution in [0.15, 0.2) is 108 Å². The average Bonchev–Trinajstić information content (AvgIpc) is 2.79. The quantitative estimate of drug-likeness (QED) is 0.294. The van der Waals surface area contributed by atoms with Crippen molar-refractivity contribution < 1.29 is 0 Å². The van der Waals surface area contributed by atoms with Crippen LogP contribution in [0.2, 0.25) is 0 Å². The van der Waals surface area contributed by atoms with Crippen LogP contribution < -0.4 is 0 Å². The molecular formula is C26H17BrN2. The highest BCUT2D eigenvalue weighted by Gasteiger charge is 2.16. The van der Waals surface area contributed by atoms with Crippen molar-refractivity contribution in [1.82, 2.24) is 9.97 Å². The molecule has 0 fully saturated rings. The van der Waals surface area contributed by atoms with Gasteiger partial charge >= 0.3 is 0 Å². The van der Waals surface area contributed by atoms with Crippen molar-refractivity contribution in [3.8, 4) is 33.6 Å². The number of aromatic nitrogens is 2. The van der Waals surface area contributed by atoms with Crippen molar-refractivity contribution in [2.24, 2.45) is 0 Å². The number of benzene rings is 4.